The first kappa shape index (κ1) is 15.8. The van der Waals surface area contributed by atoms with E-state index in [4.69, 9.17) is 10.3 Å². The van der Waals surface area contributed by atoms with E-state index in [1.807, 2.05) is 36.5 Å². The van der Waals surface area contributed by atoms with Crippen molar-refractivity contribution in [2.24, 2.45) is 5.16 Å². The number of carboxylic acid groups (broad SMARTS) is 2. The Bertz CT molecular complexity index is 673. The molecule has 0 radical (unpaired) electrons. The highest BCUT2D eigenvalue weighted by Crippen LogP contribution is 2.11. The van der Waals surface area contributed by atoms with E-state index in [9.17, 15) is 14.7 Å². The first-order valence-electron chi connectivity index (χ1n) is 5.73. The second-order valence-electron chi connectivity index (χ2n) is 3.71. The molecule has 0 amide bonds. The van der Waals surface area contributed by atoms with Crippen molar-refractivity contribution in [2.45, 2.75) is 0 Å². The van der Waals surface area contributed by atoms with E-state index in [1.165, 1.54) is 6.21 Å². The zero-order chi connectivity index (χ0) is 15.7. The number of nitrogens with one attached hydrogen (secondary N) is 1. The van der Waals surface area contributed by atoms with Gasteiger partial charge in [-0.3, -0.25) is 0 Å². The van der Waals surface area contributed by atoms with Crippen molar-refractivity contribution in [2.75, 3.05) is 0 Å². The van der Waals surface area contributed by atoms with Crippen LogP contribution >= 0.6 is 0 Å². The molecule has 2 rings (SSSR count). The standard InChI is InChI=1S/C10H8N2O.C4H4O4/c13-12-7-8-5-6-11-10-4-2-1-3-9(8)10;5-3(6)1-2-4(7)8/h1-7,13H;1-2H,(H,5,6)(H,7,8)/b12-7+;2-1-. The summed E-state index contributed by atoms with van der Waals surface area (Å²) in [7, 11) is 0. The smallest absolute Gasteiger partial charge is 0.328 e. The highest BCUT2D eigenvalue weighted by molar-refractivity contribution is 5.96. The number of oxime groups is 1. The van der Waals surface area contributed by atoms with Gasteiger partial charge in [-0.25, -0.2) is 9.78 Å². The lowest BCUT2D eigenvalue weighted by molar-refractivity contribution is -0.344. The molecule has 0 unspecified atom stereocenters. The Balaban J connectivity index is 0.000000240. The Hall–Kier alpha value is -3.22. The number of para-hydroxylation sites is 1. The minimum absolute atomic E-state index is 0.447. The van der Waals surface area contributed by atoms with E-state index in [2.05, 4.69) is 10.1 Å². The summed E-state index contributed by atoms with van der Waals surface area (Å²) in [4.78, 5) is 22.1. The SMILES string of the molecule is O/N=C/c1cc[nH+]c2ccccc12.O=C([O-])/C=C\C(=O)O. The quantitative estimate of drug-likeness (QED) is 0.351. The van der Waals surface area contributed by atoms with Gasteiger partial charge in [0, 0.05) is 23.8 Å². The van der Waals surface area contributed by atoms with Crippen LogP contribution in [0.4, 0.5) is 0 Å². The number of rotatable bonds is 3. The highest BCUT2D eigenvalue weighted by Gasteiger charge is 2.02. The van der Waals surface area contributed by atoms with Gasteiger partial charge in [-0.1, -0.05) is 17.3 Å². The molecule has 2 aromatic rings. The van der Waals surface area contributed by atoms with Gasteiger partial charge in [0.15, 0.2) is 6.20 Å². The molecule has 7 nitrogen and oxygen atoms in total. The Labute approximate surface area is 119 Å². The number of aromatic nitrogens is 1. The summed E-state index contributed by atoms with van der Waals surface area (Å²) >= 11 is 0. The Morgan fingerprint density at radius 1 is 1.19 bits per heavy atom. The fourth-order valence-electron chi connectivity index (χ4n) is 1.49. The van der Waals surface area contributed by atoms with Crippen LogP contribution in [-0.2, 0) is 9.59 Å². The molecule has 0 aliphatic rings. The number of fused-ring (bicyclic) bond motifs is 1. The van der Waals surface area contributed by atoms with Crippen LogP contribution in [0, 0.1) is 0 Å². The van der Waals surface area contributed by atoms with Gasteiger partial charge < -0.3 is 20.2 Å². The first-order chi connectivity index (χ1) is 10.0. The number of hydrogen-bond donors (Lipinski definition) is 2. The fraction of sp³-hybridized carbons (Fsp3) is 0. The third kappa shape index (κ3) is 5.52. The van der Waals surface area contributed by atoms with Crippen LogP contribution < -0.4 is 10.1 Å². The van der Waals surface area contributed by atoms with Crippen molar-refractivity contribution in [1.82, 2.24) is 0 Å². The van der Waals surface area contributed by atoms with E-state index in [0.717, 1.165) is 16.5 Å². The van der Waals surface area contributed by atoms with E-state index in [-0.39, 0.29) is 0 Å². The second-order valence-corrected chi connectivity index (χ2v) is 3.71. The minimum atomic E-state index is -1.51. The molecule has 3 N–H and O–H groups in total. The molecule has 0 saturated heterocycles. The van der Waals surface area contributed by atoms with Crippen LogP contribution in [0.3, 0.4) is 0 Å². The number of H-pyrrole nitrogens is 1. The average molecular weight is 288 g/mol. The molecular formula is C14H12N2O5. The first-order valence-corrected chi connectivity index (χ1v) is 5.73. The van der Waals surface area contributed by atoms with Gasteiger partial charge in [-0.15, -0.1) is 0 Å². The van der Waals surface area contributed by atoms with Crippen LogP contribution in [-0.4, -0.2) is 28.5 Å². The predicted octanol–water partition coefficient (Wildman–Crippen LogP) is -0.161. The number of carboxylic acids is 2. The summed E-state index contributed by atoms with van der Waals surface area (Å²) in [5.74, 6) is -2.80. The Kier molecular flexibility index (Phi) is 6.07. The van der Waals surface area contributed by atoms with Crippen molar-refractivity contribution in [3.05, 3.63) is 54.2 Å². The average Bonchev–Trinajstić information content (AvgIpc) is 2.47. The molecule has 21 heavy (non-hydrogen) atoms. The maximum absolute atomic E-state index is 9.53. The normalized spacial score (nSPS) is 10.5. The lowest BCUT2D eigenvalue weighted by Crippen LogP contribution is -2.19. The van der Waals surface area contributed by atoms with E-state index < -0.39 is 11.9 Å². The Morgan fingerprint density at radius 3 is 2.48 bits per heavy atom. The van der Waals surface area contributed by atoms with Gasteiger partial charge >= 0.3 is 5.97 Å². The van der Waals surface area contributed by atoms with E-state index in [1.54, 1.807) is 0 Å². The van der Waals surface area contributed by atoms with Crippen LogP contribution in [0.2, 0.25) is 0 Å². The van der Waals surface area contributed by atoms with Crippen LogP contribution in [0.1, 0.15) is 5.56 Å². The van der Waals surface area contributed by atoms with Gasteiger partial charge in [0.1, 0.15) is 0 Å². The van der Waals surface area contributed by atoms with Crippen LogP contribution in [0.25, 0.3) is 10.9 Å². The summed E-state index contributed by atoms with van der Waals surface area (Å²) < 4.78 is 0. The number of aromatic amines is 1. The summed E-state index contributed by atoms with van der Waals surface area (Å²) in [5.41, 5.74) is 1.93. The van der Waals surface area contributed by atoms with Crippen molar-refractivity contribution < 1.29 is 30.0 Å². The van der Waals surface area contributed by atoms with Gasteiger partial charge in [0.2, 0.25) is 5.52 Å². The number of aliphatic carboxylic acids is 2. The summed E-state index contributed by atoms with van der Waals surface area (Å²) in [5, 5.41) is 29.7. The number of pyridine rings is 1. The molecule has 0 aliphatic carbocycles. The highest BCUT2D eigenvalue weighted by atomic mass is 16.4. The third-order valence-electron chi connectivity index (χ3n) is 2.30. The molecule has 0 atom stereocenters. The summed E-state index contributed by atoms with van der Waals surface area (Å²) in [6, 6.07) is 9.72. The molecule has 7 heteroatoms. The molecule has 0 fully saturated rings. The molecular weight excluding hydrogens is 276 g/mol. The van der Waals surface area contributed by atoms with Crippen LogP contribution in [0.5, 0.6) is 0 Å². The van der Waals surface area contributed by atoms with Gasteiger partial charge in [-0.05, 0) is 12.1 Å². The zero-order valence-corrected chi connectivity index (χ0v) is 10.8. The minimum Gasteiger partial charge on any atom is -0.545 e. The number of benzene rings is 1. The van der Waals surface area contributed by atoms with E-state index >= 15 is 0 Å². The third-order valence-corrected chi connectivity index (χ3v) is 2.30. The van der Waals surface area contributed by atoms with Crippen LogP contribution in [0.15, 0.2) is 53.8 Å². The Morgan fingerprint density at radius 2 is 1.90 bits per heavy atom. The van der Waals surface area contributed by atoms with Crippen molar-refractivity contribution >= 4 is 29.1 Å². The van der Waals surface area contributed by atoms with Crippen molar-refractivity contribution in [1.29, 1.82) is 0 Å². The predicted molar refractivity (Wildman–Crippen MR) is 71.7 cm³/mol. The zero-order valence-electron chi connectivity index (χ0n) is 10.8. The topological polar surface area (TPSA) is 124 Å². The lowest BCUT2D eigenvalue weighted by atomic mass is 10.1. The lowest BCUT2D eigenvalue weighted by Gasteiger charge is -1.93. The molecule has 1 aromatic carbocycles. The number of hydrogen-bond acceptors (Lipinski definition) is 5. The van der Waals surface area contributed by atoms with E-state index in [0.29, 0.717) is 12.2 Å². The number of carbonyl (C=O) groups is 2. The molecule has 0 aliphatic heterocycles. The largest absolute Gasteiger partial charge is 0.545 e. The molecule has 0 bridgehead atoms. The molecule has 0 spiro atoms. The van der Waals surface area contributed by atoms with Gasteiger partial charge in [0.25, 0.3) is 0 Å². The fourth-order valence-corrected chi connectivity index (χ4v) is 1.49. The molecule has 1 heterocycles. The van der Waals surface area contributed by atoms with Gasteiger partial charge in [0.05, 0.1) is 17.6 Å². The molecule has 1 aromatic heterocycles. The monoisotopic (exact) mass is 288 g/mol. The summed E-state index contributed by atoms with van der Waals surface area (Å²) in [6.45, 7) is 0. The maximum atomic E-state index is 9.53. The van der Waals surface area contributed by atoms with Gasteiger partial charge in [-0.2, -0.15) is 0 Å². The van der Waals surface area contributed by atoms with Crippen molar-refractivity contribution in [3.63, 3.8) is 0 Å². The second kappa shape index (κ2) is 8.05. The summed E-state index contributed by atoms with van der Waals surface area (Å²) in [6.07, 6.45) is 4.19. The maximum Gasteiger partial charge on any atom is 0.328 e. The van der Waals surface area contributed by atoms with Crippen molar-refractivity contribution in [3.8, 4) is 0 Å². The molecule has 0 saturated carbocycles. The molecule has 108 valence electrons. The number of nitrogens with zero attached hydrogens (tertiary/aromatic N) is 1. The number of carbonyl (C=O) groups excluding carboxylic acids is 1.